The highest BCUT2D eigenvalue weighted by atomic mass is 16.6. The third kappa shape index (κ3) is 3.38. The Balaban J connectivity index is 1.89. The van der Waals surface area contributed by atoms with Gasteiger partial charge in [-0.3, -0.25) is 24.6 Å². The van der Waals surface area contributed by atoms with E-state index in [9.17, 15) is 24.8 Å². The number of carbonyl (C=O) groups is 2. The lowest BCUT2D eigenvalue weighted by molar-refractivity contribution is -0.384. The van der Waals surface area contributed by atoms with Crippen LogP contribution in [0.25, 0.3) is 5.76 Å². The molecule has 0 aliphatic carbocycles. The maximum atomic E-state index is 13.0. The monoisotopic (exact) mass is 418 g/mol. The van der Waals surface area contributed by atoms with Crippen LogP contribution in [0.2, 0.25) is 0 Å². The topological polar surface area (TPSA) is 114 Å². The number of hydrogen-bond donors (Lipinski definition) is 1. The van der Waals surface area contributed by atoms with E-state index in [1.807, 2.05) is 19.9 Å². The summed E-state index contributed by atoms with van der Waals surface area (Å²) >= 11 is 0. The number of aliphatic hydroxyl groups is 1. The fourth-order valence-corrected chi connectivity index (χ4v) is 3.59. The van der Waals surface area contributed by atoms with Crippen molar-refractivity contribution >= 4 is 28.8 Å². The Labute approximate surface area is 177 Å². The first-order valence-corrected chi connectivity index (χ1v) is 9.46. The summed E-state index contributed by atoms with van der Waals surface area (Å²) in [6, 6.07) is 12.7. The van der Waals surface area contributed by atoms with Gasteiger partial charge in [0.2, 0.25) is 0 Å². The standard InChI is InChI=1S/C23H18N2O6/c1-13-5-8-17(12-14(13)2)24-20(18-4-3-11-31-18)19(22(27)23(24)28)21(26)15-6-9-16(10-7-15)25(29)30/h3-12,20,26H,1-2H3/b21-19-. The predicted molar refractivity (Wildman–Crippen MR) is 113 cm³/mol. The number of ketones is 1. The van der Waals surface area contributed by atoms with Crippen molar-refractivity contribution in [3.05, 3.63) is 99.0 Å². The van der Waals surface area contributed by atoms with E-state index in [1.165, 1.54) is 35.4 Å². The maximum absolute atomic E-state index is 13.0. The summed E-state index contributed by atoms with van der Waals surface area (Å²) in [6.45, 7) is 3.83. The van der Waals surface area contributed by atoms with E-state index >= 15 is 0 Å². The number of anilines is 1. The van der Waals surface area contributed by atoms with E-state index < -0.39 is 28.4 Å². The normalized spacial score (nSPS) is 17.9. The molecule has 2 heterocycles. The van der Waals surface area contributed by atoms with Gasteiger partial charge in [-0.05, 0) is 61.4 Å². The number of carbonyl (C=O) groups excluding carboxylic acids is 2. The molecule has 1 fully saturated rings. The van der Waals surface area contributed by atoms with Gasteiger partial charge in [-0.15, -0.1) is 0 Å². The summed E-state index contributed by atoms with van der Waals surface area (Å²) in [6.07, 6.45) is 1.42. The number of Topliss-reactive ketones (excluding diaryl/α,β-unsaturated/α-hetero) is 1. The predicted octanol–water partition coefficient (Wildman–Crippen LogP) is 4.43. The van der Waals surface area contributed by atoms with Crippen molar-refractivity contribution in [2.45, 2.75) is 19.9 Å². The second-order valence-electron chi connectivity index (χ2n) is 7.26. The molecule has 3 aromatic rings. The Morgan fingerprint density at radius 2 is 1.77 bits per heavy atom. The summed E-state index contributed by atoms with van der Waals surface area (Å²) in [5.74, 6) is -1.79. The molecule has 1 aliphatic rings. The minimum absolute atomic E-state index is 0.146. The number of amides is 1. The minimum atomic E-state index is -0.979. The van der Waals surface area contributed by atoms with Crippen LogP contribution in [-0.4, -0.2) is 21.7 Å². The molecule has 156 valence electrons. The molecule has 1 N–H and O–H groups in total. The zero-order chi connectivity index (χ0) is 22.3. The molecule has 0 saturated carbocycles. The van der Waals surface area contributed by atoms with Crippen molar-refractivity contribution in [2.24, 2.45) is 0 Å². The minimum Gasteiger partial charge on any atom is -0.507 e. The highest BCUT2D eigenvalue weighted by molar-refractivity contribution is 6.51. The van der Waals surface area contributed by atoms with Crippen molar-refractivity contribution < 1.29 is 24.0 Å². The molecule has 2 aromatic carbocycles. The summed E-state index contributed by atoms with van der Waals surface area (Å²) in [7, 11) is 0. The Bertz CT molecular complexity index is 1230. The second kappa shape index (κ2) is 7.56. The first-order valence-electron chi connectivity index (χ1n) is 9.46. The third-order valence-corrected chi connectivity index (χ3v) is 5.38. The molecule has 8 heteroatoms. The molecule has 1 amide bonds. The number of non-ortho nitro benzene ring substituents is 1. The SMILES string of the molecule is Cc1ccc(N2C(=O)C(=O)/C(=C(\O)c3ccc([N+](=O)[O-])cc3)C2c2ccco2)cc1C. The first kappa shape index (κ1) is 20.1. The van der Waals surface area contributed by atoms with Crippen molar-refractivity contribution in [3.63, 3.8) is 0 Å². The third-order valence-electron chi connectivity index (χ3n) is 5.38. The Morgan fingerprint density at radius 1 is 1.06 bits per heavy atom. The van der Waals surface area contributed by atoms with Crippen LogP contribution >= 0.6 is 0 Å². The fraction of sp³-hybridized carbons (Fsp3) is 0.130. The average molecular weight is 418 g/mol. The van der Waals surface area contributed by atoms with E-state index in [0.717, 1.165) is 11.1 Å². The van der Waals surface area contributed by atoms with E-state index in [0.29, 0.717) is 11.4 Å². The number of nitro groups is 1. The molecule has 8 nitrogen and oxygen atoms in total. The molecule has 0 radical (unpaired) electrons. The fourth-order valence-electron chi connectivity index (χ4n) is 3.59. The van der Waals surface area contributed by atoms with Crippen molar-refractivity contribution in [3.8, 4) is 0 Å². The molecular formula is C23H18N2O6. The molecule has 1 atom stereocenters. The van der Waals surface area contributed by atoms with Gasteiger partial charge >= 0.3 is 0 Å². The molecular weight excluding hydrogens is 400 g/mol. The van der Waals surface area contributed by atoms with Crippen LogP contribution in [0.3, 0.4) is 0 Å². The zero-order valence-corrected chi connectivity index (χ0v) is 16.7. The molecule has 1 aromatic heterocycles. The van der Waals surface area contributed by atoms with Crippen molar-refractivity contribution in [1.29, 1.82) is 0 Å². The summed E-state index contributed by atoms with van der Waals surface area (Å²) in [5, 5.41) is 21.8. The van der Waals surface area contributed by atoms with Gasteiger partial charge in [0.1, 0.15) is 17.6 Å². The lowest BCUT2D eigenvalue weighted by Gasteiger charge is -2.24. The quantitative estimate of drug-likeness (QED) is 0.220. The highest BCUT2D eigenvalue weighted by Gasteiger charge is 2.48. The van der Waals surface area contributed by atoms with Crippen LogP contribution < -0.4 is 4.90 Å². The first-order chi connectivity index (χ1) is 14.8. The van der Waals surface area contributed by atoms with Gasteiger partial charge in [-0.25, -0.2) is 0 Å². The van der Waals surface area contributed by atoms with Crippen LogP contribution in [0.1, 0.15) is 28.5 Å². The molecule has 1 saturated heterocycles. The van der Waals surface area contributed by atoms with E-state index in [2.05, 4.69) is 0 Å². The van der Waals surface area contributed by atoms with Gasteiger partial charge in [-0.1, -0.05) is 6.07 Å². The maximum Gasteiger partial charge on any atom is 0.300 e. The number of aliphatic hydroxyl groups excluding tert-OH is 1. The van der Waals surface area contributed by atoms with Gasteiger partial charge in [0.15, 0.2) is 0 Å². The van der Waals surface area contributed by atoms with Gasteiger partial charge < -0.3 is 9.52 Å². The highest BCUT2D eigenvalue weighted by Crippen LogP contribution is 2.42. The number of hydrogen-bond acceptors (Lipinski definition) is 6. The zero-order valence-electron chi connectivity index (χ0n) is 16.7. The van der Waals surface area contributed by atoms with Crippen LogP contribution in [-0.2, 0) is 9.59 Å². The lowest BCUT2D eigenvalue weighted by atomic mass is 9.99. The number of benzene rings is 2. The van der Waals surface area contributed by atoms with Crippen LogP contribution in [0.15, 0.2) is 70.9 Å². The number of aryl methyl sites for hydroxylation is 2. The van der Waals surface area contributed by atoms with Crippen molar-refractivity contribution in [1.82, 2.24) is 0 Å². The van der Waals surface area contributed by atoms with Gasteiger partial charge in [-0.2, -0.15) is 0 Å². The van der Waals surface area contributed by atoms with Crippen LogP contribution in [0, 0.1) is 24.0 Å². The van der Waals surface area contributed by atoms with Crippen molar-refractivity contribution in [2.75, 3.05) is 4.90 Å². The van der Waals surface area contributed by atoms with E-state index in [4.69, 9.17) is 4.42 Å². The smallest absolute Gasteiger partial charge is 0.300 e. The van der Waals surface area contributed by atoms with Crippen LogP contribution in [0.5, 0.6) is 0 Å². The molecule has 1 aliphatic heterocycles. The van der Waals surface area contributed by atoms with E-state index in [1.54, 1.807) is 24.3 Å². The van der Waals surface area contributed by atoms with Crippen LogP contribution in [0.4, 0.5) is 11.4 Å². The number of nitro benzene ring substituents is 1. The molecule has 1 unspecified atom stereocenters. The van der Waals surface area contributed by atoms with Gasteiger partial charge in [0.25, 0.3) is 17.4 Å². The Kier molecular flexibility index (Phi) is 4.90. The second-order valence-corrected chi connectivity index (χ2v) is 7.26. The molecule has 4 rings (SSSR count). The largest absolute Gasteiger partial charge is 0.507 e. The Morgan fingerprint density at radius 3 is 2.35 bits per heavy atom. The summed E-state index contributed by atoms with van der Waals surface area (Å²) < 4.78 is 5.51. The van der Waals surface area contributed by atoms with E-state index in [-0.39, 0.29) is 16.8 Å². The summed E-state index contributed by atoms with van der Waals surface area (Å²) in [4.78, 5) is 37.6. The average Bonchev–Trinajstić information content (AvgIpc) is 3.37. The number of nitrogens with zero attached hydrogens (tertiary/aromatic N) is 2. The van der Waals surface area contributed by atoms with Gasteiger partial charge in [0, 0.05) is 23.4 Å². The number of furan rings is 1. The summed E-state index contributed by atoms with van der Waals surface area (Å²) in [5.41, 5.74) is 2.34. The molecule has 0 bridgehead atoms. The number of rotatable bonds is 4. The Hall–Kier alpha value is -4.20. The molecule has 0 spiro atoms. The lowest BCUT2D eigenvalue weighted by Crippen LogP contribution is -2.29. The molecule has 31 heavy (non-hydrogen) atoms. The van der Waals surface area contributed by atoms with Gasteiger partial charge in [0.05, 0.1) is 16.8 Å².